The van der Waals surface area contributed by atoms with E-state index in [4.69, 9.17) is 18.9 Å². The molecule has 85 heavy (non-hydrogen) atoms. The number of quaternary nitrogens is 1. The lowest BCUT2D eigenvalue weighted by Crippen LogP contribution is -2.44. The van der Waals surface area contributed by atoms with Gasteiger partial charge in [0.2, 0.25) is 0 Å². The van der Waals surface area contributed by atoms with Crippen molar-refractivity contribution in [2.45, 2.75) is 296 Å². The van der Waals surface area contributed by atoms with Gasteiger partial charge in [0, 0.05) is 12.8 Å². The van der Waals surface area contributed by atoms with E-state index in [1.54, 1.807) is 0 Å². The van der Waals surface area contributed by atoms with E-state index in [0.29, 0.717) is 17.4 Å². The largest absolute Gasteiger partial charge is 0.545 e. The lowest BCUT2D eigenvalue weighted by molar-refractivity contribution is -0.870. The molecule has 0 amide bonds. The number of esters is 2. The molecule has 2 atom stereocenters. The molecule has 0 saturated heterocycles. The predicted molar refractivity (Wildman–Crippen MR) is 361 cm³/mol. The number of nitrogens with zero attached hydrogens (tertiary/aromatic N) is 1. The van der Waals surface area contributed by atoms with Crippen LogP contribution in [0.25, 0.3) is 0 Å². The van der Waals surface area contributed by atoms with Crippen LogP contribution in [0.3, 0.4) is 0 Å². The van der Waals surface area contributed by atoms with E-state index >= 15 is 0 Å². The number of ether oxygens (including phenoxy) is 4. The third kappa shape index (κ3) is 67.1. The molecular weight excluding hydrogens is 1050 g/mol. The third-order valence-corrected chi connectivity index (χ3v) is 14.7. The van der Waals surface area contributed by atoms with Crippen molar-refractivity contribution >= 4 is 17.9 Å². The van der Waals surface area contributed by atoms with Crippen molar-refractivity contribution in [2.75, 3.05) is 47.5 Å². The van der Waals surface area contributed by atoms with Crippen molar-refractivity contribution in [2.24, 2.45) is 0 Å². The van der Waals surface area contributed by atoms with Crippen LogP contribution in [0.1, 0.15) is 284 Å². The molecule has 486 valence electrons. The summed E-state index contributed by atoms with van der Waals surface area (Å²) < 4.78 is 22.8. The molecular formula is C76H129NO8. The number of carbonyl (C=O) groups is 3. The fraction of sp³-hybridized carbons (Fsp3) is 0.697. The van der Waals surface area contributed by atoms with Gasteiger partial charge < -0.3 is 33.3 Å². The van der Waals surface area contributed by atoms with E-state index in [-0.39, 0.29) is 38.6 Å². The van der Waals surface area contributed by atoms with Gasteiger partial charge in [-0.05, 0) is 109 Å². The lowest BCUT2D eigenvalue weighted by atomic mass is 10.0. The number of likely N-dealkylation sites (N-methyl/N-ethyl adjacent to an activating group) is 1. The first-order valence-corrected chi connectivity index (χ1v) is 34.7. The van der Waals surface area contributed by atoms with Gasteiger partial charge in [-0.25, -0.2) is 0 Å². The van der Waals surface area contributed by atoms with Crippen molar-refractivity contribution in [3.63, 3.8) is 0 Å². The second-order valence-electron chi connectivity index (χ2n) is 24.1. The van der Waals surface area contributed by atoms with E-state index in [9.17, 15) is 19.5 Å². The number of rotatable bonds is 63. The Bertz CT molecular complexity index is 1810. The number of carboxylic acid groups (broad SMARTS) is 1. The number of carbonyl (C=O) groups excluding carboxylic acids is 3. The molecule has 0 aromatic carbocycles. The van der Waals surface area contributed by atoms with Crippen molar-refractivity contribution < 1.29 is 42.9 Å². The van der Waals surface area contributed by atoms with Crippen LogP contribution in [0, 0.1) is 0 Å². The quantitative estimate of drug-likeness (QED) is 0.0195. The molecule has 0 rings (SSSR count). The average Bonchev–Trinajstić information content (AvgIpc) is 3.49. The number of hydrogen-bond donors (Lipinski definition) is 0. The number of unbranched alkanes of at least 4 members (excludes halogenated alkanes) is 28. The van der Waals surface area contributed by atoms with Gasteiger partial charge in [0.1, 0.15) is 13.2 Å². The Labute approximate surface area is 523 Å². The minimum Gasteiger partial charge on any atom is -0.545 e. The number of carboxylic acids is 1. The summed E-state index contributed by atoms with van der Waals surface area (Å²) in [5, 5.41) is 11.8. The zero-order chi connectivity index (χ0) is 61.9. The minimum atomic E-state index is -1.63. The van der Waals surface area contributed by atoms with Crippen LogP contribution >= 0.6 is 0 Å². The summed E-state index contributed by atoms with van der Waals surface area (Å²) in [5.74, 6) is -2.29. The molecule has 2 unspecified atom stereocenters. The van der Waals surface area contributed by atoms with Crippen LogP contribution in [0.15, 0.2) is 122 Å². The summed E-state index contributed by atoms with van der Waals surface area (Å²) in [6.07, 6.45) is 89.9. The zero-order valence-electron chi connectivity index (χ0n) is 55.4. The second-order valence-corrected chi connectivity index (χ2v) is 24.1. The maximum atomic E-state index is 12.9. The monoisotopic (exact) mass is 1180 g/mol. The molecule has 0 aliphatic carbocycles. The van der Waals surface area contributed by atoms with Crippen LogP contribution in [0.5, 0.6) is 0 Å². The average molecular weight is 1180 g/mol. The molecule has 0 spiro atoms. The van der Waals surface area contributed by atoms with Gasteiger partial charge in [-0.3, -0.25) is 9.59 Å². The van der Waals surface area contributed by atoms with Crippen LogP contribution in [-0.2, 0) is 33.3 Å². The van der Waals surface area contributed by atoms with Gasteiger partial charge in [-0.15, -0.1) is 0 Å². The molecule has 0 bridgehead atoms. The molecule has 0 N–H and O–H groups in total. The molecule has 0 heterocycles. The zero-order valence-corrected chi connectivity index (χ0v) is 55.4. The van der Waals surface area contributed by atoms with Crippen molar-refractivity contribution in [3.8, 4) is 0 Å². The standard InChI is InChI=1S/C76H129NO8/c1-6-8-10-12-14-16-18-20-22-24-26-28-29-30-31-32-33-34-35-36-37-38-39-40-41-42-43-44-45-47-49-51-53-55-57-59-61-63-65-67-74(79)85-72(71-84-76(75(80)81)82-69-68-77(3,4)5)70-83-73(78)66-64-62-60-58-56-54-52-50-48-46-27-25-23-21-19-17-15-13-11-9-7-2/h8,10,14,16,19-22,25-28,30-31,33-34,36-37,39-40,72,76H,6-7,9,11-13,15,17-18,23-24,29,32,35,38,41-71H2,1-5H3/b10-8-,16-14-,21-19-,22-20-,27-25-,28-26-,31-30-,34-33-,37-36-,40-39-. The van der Waals surface area contributed by atoms with E-state index in [0.717, 1.165) is 96.3 Å². The molecule has 0 aliphatic rings. The van der Waals surface area contributed by atoms with Crippen LogP contribution < -0.4 is 5.11 Å². The van der Waals surface area contributed by atoms with Gasteiger partial charge in [-0.2, -0.15) is 0 Å². The maximum absolute atomic E-state index is 12.9. The summed E-state index contributed by atoms with van der Waals surface area (Å²) in [4.78, 5) is 37.5. The topological polar surface area (TPSA) is 111 Å². The molecule has 0 saturated carbocycles. The van der Waals surface area contributed by atoms with Crippen LogP contribution in [-0.4, -0.2) is 82.3 Å². The van der Waals surface area contributed by atoms with E-state index < -0.39 is 24.3 Å². The SMILES string of the molecule is CC/C=C\C/C=C\C/C=C\C/C=C\C/C=C\C/C=C\C/C=C\C/C=C\CCCCCCCCCCCCCCCCC(=O)OC(COC(=O)CCCCCCCCCCC/C=C\C/C=C\CCCCCCC)COC(OCC[N+](C)(C)C)C(=O)[O-]. The van der Waals surface area contributed by atoms with Crippen molar-refractivity contribution in [3.05, 3.63) is 122 Å². The van der Waals surface area contributed by atoms with Crippen LogP contribution in [0.4, 0.5) is 0 Å². The summed E-state index contributed by atoms with van der Waals surface area (Å²) in [6, 6.07) is 0. The Balaban J connectivity index is 4.11. The third-order valence-electron chi connectivity index (χ3n) is 14.7. The summed E-state index contributed by atoms with van der Waals surface area (Å²) >= 11 is 0. The predicted octanol–water partition coefficient (Wildman–Crippen LogP) is 20.2. The van der Waals surface area contributed by atoms with E-state index in [1.165, 1.54) is 154 Å². The first-order chi connectivity index (χ1) is 41.6. The van der Waals surface area contributed by atoms with Gasteiger partial charge >= 0.3 is 11.9 Å². The fourth-order valence-electron chi connectivity index (χ4n) is 9.41. The Morgan fingerprint density at radius 3 is 1.00 bits per heavy atom. The first-order valence-electron chi connectivity index (χ1n) is 34.7. The minimum absolute atomic E-state index is 0.143. The first kappa shape index (κ1) is 80.7. The van der Waals surface area contributed by atoms with Crippen molar-refractivity contribution in [1.29, 1.82) is 0 Å². The number of hydrogen-bond acceptors (Lipinski definition) is 8. The van der Waals surface area contributed by atoms with E-state index in [1.807, 2.05) is 21.1 Å². The Hall–Kier alpha value is -4.31. The van der Waals surface area contributed by atoms with Crippen molar-refractivity contribution in [1.82, 2.24) is 0 Å². The molecule has 9 heteroatoms. The van der Waals surface area contributed by atoms with Gasteiger partial charge in [-0.1, -0.05) is 283 Å². The van der Waals surface area contributed by atoms with Crippen LogP contribution in [0.2, 0.25) is 0 Å². The molecule has 0 radical (unpaired) electrons. The highest BCUT2D eigenvalue weighted by Crippen LogP contribution is 2.16. The van der Waals surface area contributed by atoms with Gasteiger partial charge in [0.15, 0.2) is 12.4 Å². The highest BCUT2D eigenvalue weighted by molar-refractivity contribution is 5.70. The molecule has 0 aliphatic heterocycles. The summed E-state index contributed by atoms with van der Waals surface area (Å²) in [6.45, 7) is 4.63. The maximum Gasteiger partial charge on any atom is 0.306 e. The second kappa shape index (κ2) is 65.7. The van der Waals surface area contributed by atoms with E-state index in [2.05, 4.69) is 135 Å². The molecule has 0 fully saturated rings. The fourth-order valence-corrected chi connectivity index (χ4v) is 9.41. The normalized spacial score (nSPS) is 13.5. The number of aliphatic carboxylic acids is 1. The Kier molecular flexibility index (Phi) is 62.3. The summed E-state index contributed by atoms with van der Waals surface area (Å²) in [5.41, 5.74) is 0. The highest BCUT2D eigenvalue weighted by Gasteiger charge is 2.22. The highest BCUT2D eigenvalue weighted by atomic mass is 16.7. The number of allylic oxidation sites excluding steroid dienone is 20. The smallest absolute Gasteiger partial charge is 0.306 e. The van der Waals surface area contributed by atoms with Gasteiger partial charge in [0.25, 0.3) is 0 Å². The Morgan fingerprint density at radius 1 is 0.365 bits per heavy atom. The molecule has 0 aromatic rings. The molecule has 0 aromatic heterocycles. The Morgan fingerprint density at radius 2 is 0.671 bits per heavy atom. The summed E-state index contributed by atoms with van der Waals surface area (Å²) in [7, 11) is 5.93. The lowest BCUT2D eigenvalue weighted by Gasteiger charge is -2.26. The van der Waals surface area contributed by atoms with Gasteiger partial charge in [0.05, 0.1) is 40.3 Å². The molecule has 9 nitrogen and oxygen atoms in total.